The summed E-state index contributed by atoms with van der Waals surface area (Å²) in [4.78, 5) is 0. The van der Waals surface area contributed by atoms with E-state index >= 15 is 0 Å². The second kappa shape index (κ2) is 18.5. The van der Waals surface area contributed by atoms with Gasteiger partial charge in [-0.05, 0) is 0 Å². The van der Waals surface area contributed by atoms with E-state index in [0.29, 0.717) is 0 Å². The molecule has 0 saturated carbocycles. The number of hydrogen-bond donors (Lipinski definition) is 0. The average molecular weight is 98.1 g/mol. The van der Waals surface area contributed by atoms with Crippen molar-refractivity contribution in [1.82, 2.24) is 0 Å². The molecule has 0 unspecified atom stereocenters. The standard InChI is InChI=1S/2Na.H2O.H2S.H/h;;2*1H2;/q2*+1;;;-1/p-1. The van der Waals surface area contributed by atoms with Gasteiger partial charge in [0, 0.05) is 0 Å². The molecular formula is H4Na2OS. The van der Waals surface area contributed by atoms with Crippen molar-refractivity contribution in [2.45, 2.75) is 0 Å². The van der Waals surface area contributed by atoms with E-state index in [1.54, 1.807) is 0 Å². The first-order valence-corrected chi connectivity index (χ1v) is 0. The quantitative estimate of drug-likeness (QED) is 0.277. The van der Waals surface area contributed by atoms with Crippen molar-refractivity contribution in [1.29, 1.82) is 0 Å². The summed E-state index contributed by atoms with van der Waals surface area (Å²) in [6, 6.07) is 0. The SMILES string of the molecule is S.[H-].[Na+].[Na+].[OH-]. The molecule has 1 N–H and O–H groups in total. The Hall–Kier alpha value is 2.31. The molecule has 1 nitrogen and oxygen atoms in total. The second-order valence-electron chi connectivity index (χ2n) is 0. The van der Waals surface area contributed by atoms with Gasteiger partial charge in [-0.1, -0.05) is 0 Å². The van der Waals surface area contributed by atoms with Crippen LogP contribution in [0.2, 0.25) is 0 Å². The van der Waals surface area contributed by atoms with Crippen molar-refractivity contribution in [2.24, 2.45) is 0 Å². The van der Waals surface area contributed by atoms with Crippen LogP contribution in [0.25, 0.3) is 0 Å². The smallest absolute Gasteiger partial charge is 1.00 e. The van der Waals surface area contributed by atoms with Gasteiger partial charge < -0.3 is 6.90 Å². The molecule has 0 aromatic heterocycles. The maximum atomic E-state index is 0. The average Bonchev–Trinajstić information content (AvgIpc) is 0. The Kier molecular flexibility index (Phi) is 154. The Morgan fingerprint density at radius 3 is 1.00 bits per heavy atom. The normalized spacial score (nSPS) is 0. The molecular weight excluding hydrogens is 94.0 g/mol. The van der Waals surface area contributed by atoms with E-state index in [0.717, 1.165) is 0 Å². The Morgan fingerprint density at radius 1 is 1.00 bits per heavy atom. The van der Waals surface area contributed by atoms with E-state index in [9.17, 15) is 0 Å². The van der Waals surface area contributed by atoms with Gasteiger partial charge in [0.15, 0.2) is 0 Å². The molecule has 0 atom stereocenters. The summed E-state index contributed by atoms with van der Waals surface area (Å²) >= 11 is 0. The third-order valence-corrected chi connectivity index (χ3v) is 0. The molecule has 4 heavy (non-hydrogen) atoms. The van der Waals surface area contributed by atoms with Gasteiger partial charge in [0.05, 0.1) is 0 Å². The molecule has 0 aromatic rings. The maximum Gasteiger partial charge on any atom is 1.00 e. The summed E-state index contributed by atoms with van der Waals surface area (Å²) in [6.07, 6.45) is 0. The summed E-state index contributed by atoms with van der Waals surface area (Å²) in [5.41, 5.74) is 0. The van der Waals surface area contributed by atoms with E-state index in [4.69, 9.17) is 0 Å². The Balaban J connectivity index is 0. The fraction of sp³-hybridized carbons (Fsp3) is 0. The minimum absolute atomic E-state index is 0. The molecule has 0 heterocycles. The molecule has 0 bridgehead atoms. The molecule has 4 heteroatoms. The molecule has 0 aliphatic rings. The van der Waals surface area contributed by atoms with Gasteiger partial charge in [-0.25, -0.2) is 0 Å². The van der Waals surface area contributed by atoms with E-state index in [1.165, 1.54) is 0 Å². The van der Waals surface area contributed by atoms with Crippen LogP contribution in [0.3, 0.4) is 0 Å². The zero-order valence-corrected chi connectivity index (χ0v) is 7.95. The summed E-state index contributed by atoms with van der Waals surface area (Å²) < 4.78 is 0. The van der Waals surface area contributed by atoms with Crippen molar-refractivity contribution in [2.75, 3.05) is 0 Å². The Bertz CT molecular complexity index is 9.61. The van der Waals surface area contributed by atoms with Crippen molar-refractivity contribution < 1.29 is 66.0 Å². The fourth-order valence-corrected chi connectivity index (χ4v) is 0. The third kappa shape index (κ3) is 8.85. The van der Waals surface area contributed by atoms with E-state index in [2.05, 4.69) is 0 Å². The van der Waals surface area contributed by atoms with E-state index in [1.807, 2.05) is 0 Å². The van der Waals surface area contributed by atoms with Gasteiger partial charge in [0.2, 0.25) is 0 Å². The van der Waals surface area contributed by atoms with Crippen LogP contribution in [-0.2, 0) is 0 Å². The van der Waals surface area contributed by atoms with Crippen molar-refractivity contribution >= 4 is 13.5 Å². The molecule has 18 valence electrons. The summed E-state index contributed by atoms with van der Waals surface area (Å²) in [7, 11) is 0. The largest absolute Gasteiger partial charge is 1.00 e. The molecule has 0 aliphatic carbocycles. The van der Waals surface area contributed by atoms with Crippen LogP contribution in [0.15, 0.2) is 0 Å². The Labute approximate surface area is 78.4 Å². The van der Waals surface area contributed by atoms with Crippen LogP contribution in [0.5, 0.6) is 0 Å². The molecule has 0 aromatic carbocycles. The predicted molar refractivity (Wildman–Crippen MR) is 13.4 cm³/mol. The van der Waals surface area contributed by atoms with E-state index in [-0.39, 0.29) is 79.5 Å². The molecule has 0 rings (SSSR count). The molecule has 0 spiro atoms. The zero-order valence-electron chi connectivity index (χ0n) is 3.95. The summed E-state index contributed by atoms with van der Waals surface area (Å²) in [6.45, 7) is 0. The van der Waals surface area contributed by atoms with Gasteiger partial charge >= 0.3 is 59.1 Å². The molecule has 0 saturated heterocycles. The summed E-state index contributed by atoms with van der Waals surface area (Å²) in [5, 5.41) is 0. The topological polar surface area (TPSA) is 30.0 Å². The van der Waals surface area contributed by atoms with Crippen molar-refractivity contribution in [3.63, 3.8) is 0 Å². The first-order valence-electron chi connectivity index (χ1n) is 0. The van der Waals surface area contributed by atoms with Gasteiger partial charge in [-0.15, -0.1) is 0 Å². The first kappa shape index (κ1) is 33.3. The van der Waals surface area contributed by atoms with Gasteiger partial charge in [-0.2, -0.15) is 13.5 Å². The third-order valence-electron chi connectivity index (χ3n) is 0. The van der Waals surface area contributed by atoms with Gasteiger partial charge in [0.1, 0.15) is 0 Å². The number of rotatable bonds is 0. The van der Waals surface area contributed by atoms with E-state index < -0.39 is 0 Å². The number of hydrogen-bond acceptors (Lipinski definition) is 1. The summed E-state index contributed by atoms with van der Waals surface area (Å²) in [5.74, 6) is 0. The van der Waals surface area contributed by atoms with Crippen LogP contribution in [-0.4, -0.2) is 5.48 Å². The fourth-order valence-electron chi connectivity index (χ4n) is 0. The van der Waals surface area contributed by atoms with Crippen LogP contribution >= 0.6 is 13.5 Å². The van der Waals surface area contributed by atoms with Gasteiger partial charge in [-0.3, -0.25) is 0 Å². The van der Waals surface area contributed by atoms with Crippen molar-refractivity contribution in [3.05, 3.63) is 0 Å². The molecule has 0 amide bonds. The molecule has 0 aliphatic heterocycles. The predicted octanol–water partition coefficient (Wildman–Crippen LogP) is -5.94. The van der Waals surface area contributed by atoms with Crippen LogP contribution in [0.1, 0.15) is 1.43 Å². The van der Waals surface area contributed by atoms with Crippen LogP contribution in [0.4, 0.5) is 0 Å². The van der Waals surface area contributed by atoms with Gasteiger partial charge in [0.25, 0.3) is 0 Å². The monoisotopic (exact) mass is 98.0 g/mol. The zero-order chi connectivity index (χ0) is 0. The Morgan fingerprint density at radius 2 is 1.00 bits per heavy atom. The van der Waals surface area contributed by atoms with Crippen LogP contribution < -0.4 is 59.1 Å². The van der Waals surface area contributed by atoms with Crippen molar-refractivity contribution in [3.8, 4) is 0 Å². The minimum Gasteiger partial charge on any atom is -1.00 e. The maximum absolute atomic E-state index is 0. The first-order chi connectivity index (χ1) is 0. The minimum atomic E-state index is 0. The molecule has 0 radical (unpaired) electrons. The van der Waals surface area contributed by atoms with Crippen LogP contribution in [0, 0.1) is 0 Å². The second-order valence-corrected chi connectivity index (χ2v) is 0. The molecule has 0 fully saturated rings.